The van der Waals surface area contributed by atoms with Crippen LogP contribution in [0.1, 0.15) is 45.4 Å². The minimum absolute atomic E-state index is 0.904. The van der Waals surface area contributed by atoms with Crippen LogP contribution >= 0.6 is 0 Å². The zero-order valence-electron chi connectivity index (χ0n) is 13.3. The number of rotatable bonds is 6. The highest BCUT2D eigenvalue weighted by Crippen LogP contribution is 2.34. The maximum Gasteiger partial charge on any atom is 0.0136 e. The molecule has 2 unspecified atom stereocenters. The second-order valence-corrected chi connectivity index (χ2v) is 7.20. The normalized spacial score (nSPS) is 33.5. The lowest BCUT2D eigenvalue weighted by molar-refractivity contribution is 0.0302. The van der Waals surface area contributed by atoms with E-state index in [1.807, 2.05) is 0 Å². The zero-order chi connectivity index (χ0) is 13.8. The van der Waals surface area contributed by atoms with Crippen LogP contribution in [-0.2, 0) is 0 Å². The van der Waals surface area contributed by atoms with Gasteiger partial charge in [-0.3, -0.25) is 0 Å². The molecule has 2 atom stereocenters. The lowest BCUT2D eigenvalue weighted by Gasteiger charge is -2.47. The summed E-state index contributed by atoms with van der Waals surface area (Å²) in [6, 6.07) is 0.904. The zero-order valence-corrected chi connectivity index (χ0v) is 13.3. The van der Waals surface area contributed by atoms with Crippen molar-refractivity contribution in [3.8, 4) is 0 Å². The average Bonchev–Trinajstić information content (AvgIpc) is 2.93. The fourth-order valence-corrected chi connectivity index (χ4v) is 4.40. The van der Waals surface area contributed by atoms with Crippen LogP contribution < -0.4 is 5.32 Å². The summed E-state index contributed by atoms with van der Waals surface area (Å²) in [4.78, 5) is 5.52. The molecule has 0 aromatic carbocycles. The number of nitrogens with one attached hydrogen (secondary N) is 1. The van der Waals surface area contributed by atoms with Gasteiger partial charge in [0, 0.05) is 12.6 Å². The Labute approximate surface area is 125 Å². The highest BCUT2D eigenvalue weighted by molar-refractivity contribution is 4.92. The van der Waals surface area contributed by atoms with Crippen LogP contribution in [-0.4, -0.2) is 61.7 Å². The molecular formula is C17H33N3. The molecule has 0 amide bonds. The lowest BCUT2D eigenvalue weighted by atomic mass is 9.77. The van der Waals surface area contributed by atoms with E-state index >= 15 is 0 Å². The van der Waals surface area contributed by atoms with Gasteiger partial charge in [0.25, 0.3) is 0 Å². The predicted molar refractivity (Wildman–Crippen MR) is 85.0 cm³/mol. The summed E-state index contributed by atoms with van der Waals surface area (Å²) in [5.74, 6) is 1.92. The summed E-state index contributed by atoms with van der Waals surface area (Å²) in [5.41, 5.74) is 0. The van der Waals surface area contributed by atoms with Crippen molar-refractivity contribution in [2.45, 2.75) is 51.5 Å². The fraction of sp³-hybridized carbons (Fsp3) is 1.00. The Bertz CT molecular complexity index is 280. The van der Waals surface area contributed by atoms with Gasteiger partial charge in [-0.05, 0) is 89.6 Å². The van der Waals surface area contributed by atoms with Crippen LogP contribution in [0, 0.1) is 11.8 Å². The summed E-state index contributed by atoms with van der Waals surface area (Å²) in [6.07, 6.45) is 8.67. The molecule has 2 saturated heterocycles. The van der Waals surface area contributed by atoms with Crippen LogP contribution in [0.25, 0.3) is 0 Å². The second kappa shape index (κ2) is 7.24. The molecule has 1 saturated carbocycles. The molecule has 1 aliphatic carbocycles. The molecule has 3 fully saturated rings. The van der Waals surface area contributed by atoms with Crippen LogP contribution in [0.15, 0.2) is 0 Å². The van der Waals surface area contributed by atoms with Crippen molar-refractivity contribution in [3.05, 3.63) is 0 Å². The van der Waals surface area contributed by atoms with E-state index in [0.29, 0.717) is 0 Å². The number of hydrogen-bond donors (Lipinski definition) is 1. The number of hydrogen-bond acceptors (Lipinski definition) is 3. The standard InChI is InChI=1S/C17H33N3/c1-2-18-13-16-5-6-17(16)20-11-7-15(8-12-20)14-19-9-3-4-10-19/h15-18H,2-14H2,1H3. The van der Waals surface area contributed by atoms with Crippen LogP contribution in [0.3, 0.4) is 0 Å². The van der Waals surface area contributed by atoms with Gasteiger partial charge in [-0.25, -0.2) is 0 Å². The molecule has 3 nitrogen and oxygen atoms in total. The molecule has 3 heteroatoms. The first-order chi connectivity index (χ1) is 9.86. The van der Waals surface area contributed by atoms with Gasteiger partial charge in [0.05, 0.1) is 0 Å². The third kappa shape index (κ3) is 3.55. The predicted octanol–water partition coefficient (Wildman–Crippen LogP) is 2.18. The van der Waals surface area contributed by atoms with E-state index < -0.39 is 0 Å². The molecular weight excluding hydrogens is 246 g/mol. The Balaban J connectivity index is 1.37. The first kappa shape index (κ1) is 14.8. The van der Waals surface area contributed by atoms with Crippen LogP contribution in [0.5, 0.6) is 0 Å². The van der Waals surface area contributed by atoms with E-state index in [4.69, 9.17) is 0 Å². The molecule has 0 radical (unpaired) electrons. The summed E-state index contributed by atoms with van der Waals surface area (Å²) in [7, 11) is 0. The Morgan fingerprint density at radius 3 is 2.30 bits per heavy atom. The highest BCUT2D eigenvalue weighted by Gasteiger charge is 2.36. The third-order valence-corrected chi connectivity index (χ3v) is 5.87. The van der Waals surface area contributed by atoms with Crippen molar-refractivity contribution in [2.75, 3.05) is 45.8 Å². The van der Waals surface area contributed by atoms with Crippen molar-refractivity contribution < 1.29 is 0 Å². The summed E-state index contributed by atoms with van der Waals surface area (Å²) in [5, 5.41) is 3.54. The summed E-state index contributed by atoms with van der Waals surface area (Å²) >= 11 is 0. The third-order valence-electron chi connectivity index (χ3n) is 5.87. The minimum Gasteiger partial charge on any atom is -0.317 e. The molecule has 0 aromatic rings. The fourth-order valence-electron chi connectivity index (χ4n) is 4.40. The van der Waals surface area contributed by atoms with Crippen molar-refractivity contribution in [1.82, 2.24) is 15.1 Å². The van der Waals surface area contributed by atoms with Gasteiger partial charge in [-0.2, -0.15) is 0 Å². The number of piperidine rings is 1. The van der Waals surface area contributed by atoms with Gasteiger partial charge in [-0.15, -0.1) is 0 Å². The van der Waals surface area contributed by atoms with Crippen molar-refractivity contribution in [3.63, 3.8) is 0 Å². The molecule has 0 spiro atoms. The van der Waals surface area contributed by atoms with Crippen LogP contribution in [0.2, 0.25) is 0 Å². The van der Waals surface area contributed by atoms with Crippen molar-refractivity contribution in [2.24, 2.45) is 11.8 Å². The first-order valence-electron chi connectivity index (χ1n) is 9.04. The smallest absolute Gasteiger partial charge is 0.0136 e. The van der Waals surface area contributed by atoms with Crippen molar-refractivity contribution in [1.29, 1.82) is 0 Å². The molecule has 2 heterocycles. The van der Waals surface area contributed by atoms with E-state index in [1.165, 1.54) is 77.8 Å². The Hall–Kier alpha value is -0.120. The molecule has 1 N–H and O–H groups in total. The molecule has 3 rings (SSSR count). The van der Waals surface area contributed by atoms with Gasteiger partial charge in [0.1, 0.15) is 0 Å². The molecule has 116 valence electrons. The van der Waals surface area contributed by atoms with E-state index in [9.17, 15) is 0 Å². The highest BCUT2D eigenvalue weighted by atomic mass is 15.2. The Morgan fingerprint density at radius 1 is 0.950 bits per heavy atom. The number of likely N-dealkylation sites (tertiary alicyclic amines) is 2. The summed E-state index contributed by atoms with van der Waals surface area (Å²) < 4.78 is 0. The monoisotopic (exact) mass is 279 g/mol. The average molecular weight is 279 g/mol. The maximum absolute atomic E-state index is 3.54. The van der Waals surface area contributed by atoms with Gasteiger partial charge >= 0.3 is 0 Å². The molecule has 3 aliphatic rings. The van der Waals surface area contributed by atoms with E-state index in [1.54, 1.807) is 0 Å². The topological polar surface area (TPSA) is 18.5 Å². The Morgan fingerprint density at radius 2 is 1.70 bits per heavy atom. The van der Waals surface area contributed by atoms with Crippen LogP contribution in [0.4, 0.5) is 0 Å². The maximum atomic E-state index is 3.54. The van der Waals surface area contributed by atoms with E-state index in [-0.39, 0.29) is 0 Å². The van der Waals surface area contributed by atoms with Gasteiger partial charge < -0.3 is 15.1 Å². The Kier molecular flexibility index (Phi) is 5.36. The summed E-state index contributed by atoms with van der Waals surface area (Å²) in [6.45, 7) is 11.5. The first-order valence-corrected chi connectivity index (χ1v) is 9.04. The number of nitrogens with zero attached hydrogens (tertiary/aromatic N) is 2. The molecule has 20 heavy (non-hydrogen) atoms. The van der Waals surface area contributed by atoms with Gasteiger partial charge in [0.15, 0.2) is 0 Å². The minimum atomic E-state index is 0.904. The molecule has 0 bridgehead atoms. The van der Waals surface area contributed by atoms with E-state index in [2.05, 4.69) is 22.0 Å². The van der Waals surface area contributed by atoms with Crippen molar-refractivity contribution >= 4 is 0 Å². The molecule has 0 aromatic heterocycles. The van der Waals surface area contributed by atoms with Gasteiger partial charge in [0.2, 0.25) is 0 Å². The lowest BCUT2D eigenvalue weighted by Crippen LogP contribution is -2.53. The van der Waals surface area contributed by atoms with Gasteiger partial charge in [-0.1, -0.05) is 6.92 Å². The SMILES string of the molecule is CCNCC1CCC1N1CCC(CN2CCCC2)CC1. The quantitative estimate of drug-likeness (QED) is 0.804. The molecule has 2 aliphatic heterocycles. The van der Waals surface area contributed by atoms with E-state index in [0.717, 1.165) is 24.4 Å². The largest absolute Gasteiger partial charge is 0.317 e. The second-order valence-electron chi connectivity index (χ2n) is 7.20.